The highest BCUT2D eigenvalue weighted by atomic mass is 79.9. The van der Waals surface area contributed by atoms with Gasteiger partial charge in [-0.1, -0.05) is 15.9 Å². The lowest BCUT2D eigenvalue weighted by Gasteiger charge is -2.36. The molecule has 0 unspecified atom stereocenters. The highest BCUT2D eigenvalue weighted by Crippen LogP contribution is 2.21. The molecule has 2 aliphatic rings. The predicted molar refractivity (Wildman–Crippen MR) is 302 cm³/mol. The van der Waals surface area contributed by atoms with E-state index in [1.165, 1.54) is 98.0 Å². The molecule has 0 atom stereocenters. The first-order valence-electron chi connectivity index (χ1n) is 25.0. The summed E-state index contributed by atoms with van der Waals surface area (Å²) >= 11 is 3.24. The smallest absolute Gasteiger partial charge is 0.410 e. The Labute approximate surface area is 469 Å². The number of ether oxygens (including phenoxy) is 4. The van der Waals surface area contributed by atoms with Crippen molar-refractivity contribution in [3.63, 3.8) is 0 Å². The molecule has 1 N–H and O–H groups in total. The van der Waals surface area contributed by atoms with Gasteiger partial charge < -0.3 is 43.5 Å². The minimum atomic E-state index is -3.65. The molecule has 2 aromatic carbocycles. The molecule has 0 spiro atoms. The van der Waals surface area contributed by atoms with Crippen molar-refractivity contribution in [2.24, 2.45) is 0 Å². The fourth-order valence-corrected chi connectivity index (χ4v) is 9.10. The van der Waals surface area contributed by atoms with Crippen LogP contribution in [-0.2, 0) is 48.6 Å². The lowest BCUT2D eigenvalue weighted by molar-refractivity contribution is -0.138. The zero-order chi connectivity index (χ0) is 59.0. The van der Waals surface area contributed by atoms with Gasteiger partial charge in [-0.05, 0) is 116 Å². The summed E-state index contributed by atoms with van der Waals surface area (Å²) < 4.78 is 73.1. The number of halogens is 1. The van der Waals surface area contributed by atoms with Crippen LogP contribution in [0.1, 0.15) is 66.8 Å². The van der Waals surface area contributed by atoms with Crippen LogP contribution in [0.15, 0.2) is 96.9 Å². The van der Waals surface area contributed by atoms with Crippen LogP contribution in [0.2, 0.25) is 0 Å². The lowest BCUT2D eigenvalue weighted by Crippen LogP contribution is -2.51. The van der Waals surface area contributed by atoms with E-state index in [2.05, 4.69) is 30.9 Å². The second-order valence-electron chi connectivity index (χ2n) is 19.7. The Hall–Kier alpha value is -6.94. The number of nitrogens with one attached hydrogen (secondary N) is 1. The Bertz CT molecular complexity index is 3150. The van der Waals surface area contributed by atoms with Crippen molar-refractivity contribution in [2.75, 3.05) is 104 Å². The van der Waals surface area contributed by atoms with E-state index in [0.29, 0.717) is 74.3 Å². The normalized spacial score (nSPS) is 14.4. The first-order valence-corrected chi connectivity index (χ1v) is 28.6. The predicted octanol–water partition coefficient (Wildman–Crippen LogP) is 5.22. The first kappa shape index (κ1) is 64.6. The number of piperazine rings is 2. The minimum absolute atomic E-state index is 0.0827. The third-order valence-electron chi connectivity index (χ3n) is 11.0. The molecule has 2 fully saturated rings. The van der Waals surface area contributed by atoms with Crippen LogP contribution < -0.4 is 20.9 Å². The van der Waals surface area contributed by atoms with Gasteiger partial charge in [0.05, 0.1) is 34.4 Å². The van der Waals surface area contributed by atoms with Crippen molar-refractivity contribution in [3.8, 4) is 5.69 Å². The number of rotatable bonds is 13. The van der Waals surface area contributed by atoms with E-state index in [9.17, 15) is 45.6 Å². The molecule has 0 aliphatic carbocycles. The van der Waals surface area contributed by atoms with Gasteiger partial charge >= 0.3 is 24.1 Å². The van der Waals surface area contributed by atoms with Gasteiger partial charge in [-0.25, -0.2) is 54.6 Å². The molecular formula is C52H71BrN10O14S2. The monoisotopic (exact) mass is 1200 g/mol. The average molecular weight is 1200 g/mol. The summed E-state index contributed by atoms with van der Waals surface area (Å²) in [5, 5.41) is 0. The second kappa shape index (κ2) is 28.3. The molecule has 0 bridgehead atoms. The number of hydrogen-bond acceptors (Lipinski definition) is 18. The molecule has 432 valence electrons. The maximum absolute atomic E-state index is 13.6. The molecule has 2 saturated heterocycles. The SMILES string of the molecule is CCOC(=O)/C=C/c1c[nH]c(=O)c(N2CCN(C(=O)OC(C)(C)C)CC2)n1.CCOC(=O)/C=C/c1cn(-c2ccc(S(=O)(=O)N(C)C)cc2)c(=O)c(N2CCN(C(=O)OC(C)(C)C)CC2)n1.CN(C)S(=O)(=O)c1ccc(Br)cc1. The quantitative estimate of drug-likeness (QED) is 0.102. The van der Waals surface area contributed by atoms with Crippen LogP contribution in [0, 0.1) is 0 Å². The summed E-state index contributed by atoms with van der Waals surface area (Å²) in [6.45, 7) is 17.9. The Morgan fingerprint density at radius 3 is 1.42 bits per heavy atom. The highest BCUT2D eigenvalue weighted by molar-refractivity contribution is 9.10. The van der Waals surface area contributed by atoms with E-state index in [1.54, 1.807) is 78.5 Å². The Kier molecular flexibility index (Phi) is 23.1. The van der Waals surface area contributed by atoms with Crippen molar-refractivity contribution in [1.29, 1.82) is 0 Å². The maximum Gasteiger partial charge on any atom is 0.410 e. The van der Waals surface area contributed by atoms with Crippen LogP contribution in [0.4, 0.5) is 21.2 Å². The number of hydrogen-bond donors (Lipinski definition) is 1. The Morgan fingerprint density at radius 1 is 0.620 bits per heavy atom. The number of carbonyl (C=O) groups excluding carboxylic acids is 4. The summed E-state index contributed by atoms with van der Waals surface area (Å²) in [6.07, 6.45) is 7.51. The van der Waals surface area contributed by atoms with E-state index in [4.69, 9.17) is 18.9 Å². The minimum Gasteiger partial charge on any atom is -0.463 e. The molecule has 2 aromatic heterocycles. The standard InChI is InChI=1S/C26H35N5O7S.C18H26N4O5.C8H10BrNO2S/c1-7-37-22(32)13-8-19-18-31(20-9-11-21(12-10-20)39(35,36)28(5)6)24(33)23(27-19)29-14-16-30(17-15-29)25(34)38-26(2,3)4;1-5-26-14(23)7-6-13-12-19-16(24)15(20-13)21-8-10-22(11-9-21)17(25)27-18(2,3)4;1-10(2)13(11,12)8-5-3-7(9)4-6-8/h8-13,18H,7,14-17H2,1-6H3;6-7,12H,5,8-11H2,1-4H3,(H,19,24);3-6H,1-2H3/b13-8+;7-6+;. The van der Waals surface area contributed by atoms with E-state index in [0.717, 1.165) is 8.78 Å². The van der Waals surface area contributed by atoms with Crippen LogP contribution in [-0.4, -0.2) is 184 Å². The van der Waals surface area contributed by atoms with E-state index < -0.39 is 54.8 Å². The molecule has 0 radical (unpaired) electrons. The van der Waals surface area contributed by atoms with Gasteiger partial charge in [0, 0.05) is 115 Å². The Balaban J connectivity index is 0.000000289. The van der Waals surface area contributed by atoms with Crippen molar-refractivity contribution in [3.05, 3.63) is 110 Å². The fraction of sp³-hybridized carbons (Fsp3) is 0.462. The topological polar surface area (TPSA) is 274 Å². The maximum atomic E-state index is 13.6. The van der Waals surface area contributed by atoms with Crippen LogP contribution in [0.3, 0.4) is 0 Å². The average Bonchev–Trinajstić information content (AvgIpc) is 3.41. The second-order valence-corrected chi connectivity index (χ2v) is 25.0. The summed E-state index contributed by atoms with van der Waals surface area (Å²) in [5.41, 5.74) is -0.757. The number of amides is 2. The van der Waals surface area contributed by atoms with Crippen molar-refractivity contribution >= 4 is 83.9 Å². The number of sulfonamides is 2. The number of benzene rings is 2. The van der Waals surface area contributed by atoms with Crippen molar-refractivity contribution in [2.45, 2.75) is 76.4 Å². The van der Waals surface area contributed by atoms with Gasteiger partial charge in [-0.3, -0.25) is 14.2 Å². The number of aromatic nitrogens is 4. The largest absolute Gasteiger partial charge is 0.463 e. The summed E-state index contributed by atoms with van der Waals surface area (Å²) in [7, 11) is -1.03. The van der Waals surface area contributed by atoms with Crippen molar-refractivity contribution < 1.29 is 55.0 Å². The van der Waals surface area contributed by atoms with Gasteiger partial charge in [-0.2, -0.15) is 0 Å². The van der Waals surface area contributed by atoms with E-state index >= 15 is 0 Å². The number of H-pyrrole nitrogens is 1. The molecule has 24 nitrogen and oxygen atoms in total. The van der Waals surface area contributed by atoms with E-state index in [1.807, 2.05) is 20.8 Å². The van der Waals surface area contributed by atoms with Gasteiger partial charge in [0.1, 0.15) is 11.2 Å². The number of esters is 2. The summed E-state index contributed by atoms with van der Waals surface area (Å²) in [5.74, 6) is -0.638. The molecule has 4 aromatic rings. The van der Waals surface area contributed by atoms with E-state index in [-0.39, 0.29) is 41.4 Å². The number of anilines is 2. The molecular weight excluding hydrogens is 1130 g/mol. The van der Waals surface area contributed by atoms with Gasteiger partial charge in [0.25, 0.3) is 11.1 Å². The van der Waals surface area contributed by atoms with Gasteiger partial charge in [0.15, 0.2) is 11.6 Å². The molecule has 6 rings (SSSR count). The number of carbonyl (C=O) groups is 4. The highest BCUT2D eigenvalue weighted by Gasteiger charge is 2.30. The number of aromatic amines is 1. The van der Waals surface area contributed by atoms with Crippen LogP contribution in [0.25, 0.3) is 17.8 Å². The fourth-order valence-electron chi connectivity index (χ4n) is 7.03. The summed E-state index contributed by atoms with van der Waals surface area (Å²) in [6, 6.07) is 12.4. The number of nitrogens with zero attached hydrogens (tertiary/aromatic N) is 9. The molecule has 2 amide bonds. The molecule has 79 heavy (non-hydrogen) atoms. The molecule has 4 heterocycles. The zero-order valence-electron chi connectivity index (χ0n) is 46.6. The lowest BCUT2D eigenvalue weighted by atomic mass is 10.2. The molecule has 2 aliphatic heterocycles. The third-order valence-corrected chi connectivity index (χ3v) is 15.2. The molecule has 0 saturated carbocycles. The van der Waals surface area contributed by atoms with Crippen LogP contribution >= 0.6 is 15.9 Å². The summed E-state index contributed by atoms with van der Waals surface area (Å²) in [4.78, 5) is 92.1. The first-order chi connectivity index (χ1) is 36.9. The van der Waals surface area contributed by atoms with Gasteiger partial charge in [-0.15, -0.1) is 0 Å². The Morgan fingerprint density at radius 2 is 1.01 bits per heavy atom. The van der Waals surface area contributed by atoms with Crippen LogP contribution in [0.5, 0.6) is 0 Å². The van der Waals surface area contributed by atoms with Gasteiger partial charge in [0.2, 0.25) is 20.0 Å². The zero-order valence-corrected chi connectivity index (χ0v) is 49.8. The third kappa shape index (κ3) is 19.4. The molecule has 27 heteroatoms. The van der Waals surface area contributed by atoms with Crippen molar-refractivity contribution in [1.82, 2.24) is 37.9 Å².